The van der Waals surface area contributed by atoms with E-state index in [2.05, 4.69) is 5.32 Å². The first kappa shape index (κ1) is 22.1. The molecular weight excluding hydrogens is 404 g/mol. The third-order valence-electron chi connectivity index (χ3n) is 5.21. The molecule has 3 rings (SSSR count). The van der Waals surface area contributed by atoms with Crippen LogP contribution >= 0.6 is 0 Å². The molecule has 1 amide bonds. The Bertz CT molecular complexity index is 974. The third kappa shape index (κ3) is 5.73. The standard InChI is InChI=1S/C22H28N2O5S/c1-28-20-7-4-17(5-8-20)14-22(25)23-11-3-13-30(26,27)24-12-10-18-15-21(29-2)9-6-19(18)16-24/h4-9,15H,3,10-14,16H2,1-2H3,(H,23,25). The topological polar surface area (TPSA) is 84.9 Å². The van der Waals surface area contributed by atoms with Crippen LogP contribution in [0.25, 0.3) is 0 Å². The van der Waals surface area contributed by atoms with Crippen LogP contribution in [-0.4, -0.2) is 51.7 Å². The summed E-state index contributed by atoms with van der Waals surface area (Å²) in [5, 5.41) is 2.80. The normalized spacial score (nSPS) is 14.1. The number of amides is 1. The summed E-state index contributed by atoms with van der Waals surface area (Å²) >= 11 is 0. The van der Waals surface area contributed by atoms with Crippen LogP contribution < -0.4 is 14.8 Å². The van der Waals surface area contributed by atoms with Crippen molar-refractivity contribution in [2.75, 3.05) is 33.1 Å². The quantitative estimate of drug-likeness (QED) is 0.614. The Kier molecular flexibility index (Phi) is 7.33. The zero-order valence-electron chi connectivity index (χ0n) is 17.4. The summed E-state index contributed by atoms with van der Waals surface area (Å²) in [5.74, 6) is 1.42. The van der Waals surface area contributed by atoms with Crippen molar-refractivity contribution in [3.05, 3.63) is 59.2 Å². The summed E-state index contributed by atoms with van der Waals surface area (Å²) < 4.78 is 37.2. The average molecular weight is 433 g/mol. The van der Waals surface area contributed by atoms with Gasteiger partial charge in [-0.25, -0.2) is 8.42 Å². The number of benzene rings is 2. The molecule has 0 bridgehead atoms. The van der Waals surface area contributed by atoms with E-state index in [9.17, 15) is 13.2 Å². The number of carbonyl (C=O) groups excluding carboxylic acids is 1. The van der Waals surface area contributed by atoms with Gasteiger partial charge in [0.25, 0.3) is 0 Å². The van der Waals surface area contributed by atoms with Gasteiger partial charge in [-0.05, 0) is 53.8 Å². The SMILES string of the molecule is COc1ccc(CC(=O)NCCCS(=O)(=O)N2CCc3cc(OC)ccc3C2)cc1. The highest BCUT2D eigenvalue weighted by molar-refractivity contribution is 7.89. The maximum absolute atomic E-state index is 12.7. The molecule has 8 heteroatoms. The van der Waals surface area contributed by atoms with Gasteiger partial charge in [0, 0.05) is 19.6 Å². The van der Waals surface area contributed by atoms with Crippen molar-refractivity contribution in [1.29, 1.82) is 0 Å². The van der Waals surface area contributed by atoms with E-state index >= 15 is 0 Å². The molecule has 0 spiro atoms. The van der Waals surface area contributed by atoms with Crippen molar-refractivity contribution in [2.24, 2.45) is 0 Å². The molecular formula is C22H28N2O5S. The number of rotatable bonds is 9. The van der Waals surface area contributed by atoms with E-state index in [-0.39, 0.29) is 18.1 Å². The van der Waals surface area contributed by atoms with Gasteiger partial charge in [0.05, 0.1) is 26.4 Å². The molecule has 0 fully saturated rings. The van der Waals surface area contributed by atoms with Crippen molar-refractivity contribution >= 4 is 15.9 Å². The van der Waals surface area contributed by atoms with Crippen LogP contribution in [0, 0.1) is 0 Å². The van der Waals surface area contributed by atoms with E-state index in [1.54, 1.807) is 14.2 Å². The largest absolute Gasteiger partial charge is 0.497 e. The summed E-state index contributed by atoms with van der Waals surface area (Å²) in [4.78, 5) is 12.1. The number of hydrogen-bond acceptors (Lipinski definition) is 5. The van der Waals surface area contributed by atoms with E-state index in [4.69, 9.17) is 9.47 Å². The van der Waals surface area contributed by atoms with Crippen molar-refractivity contribution in [3.8, 4) is 11.5 Å². The Hall–Kier alpha value is -2.58. The Morgan fingerprint density at radius 3 is 2.43 bits per heavy atom. The van der Waals surface area contributed by atoms with Gasteiger partial charge in [0.1, 0.15) is 11.5 Å². The second kappa shape index (κ2) is 9.95. The lowest BCUT2D eigenvalue weighted by molar-refractivity contribution is -0.120. The van der Waals surface area contributed by atoms with E-state index in [1.807, 2.05) is 42.5 Å². The van der Waals surface area contributed by atoms with Gasteiger partial charge in [-0.1, -0.05) is 18.2 Å². The summed E-state index contributed by atoms with van der Waals surface area (Å²) in [7, 11) is -0.154. The molecule has 0 saturated heterocycles. The van der Waals surface area contributed by atoms with E-state index in [1.165, 1.54) is 4.31 Å². The van der Waals surface area contributed by atoms with Crippen molar-refractivity contribution < 1.29 is 22.7 Å². The lowest BCUT2D eigenvalue weighted by Crippen LogP contribution is -2.38. The minimum absolute atomic E-state index is 0.0152. The molecule has 0 aromatic heterocycles. The second-order valence-corrected chi connectivity index (χ2v) is 9.35. The monoisotopic (exact) mass is 432 g/mol. The molecule has 7 nitrogen and oxygen atoms in total. The van der Waals surface area contributed by atoms with Crippen molar-refractivity contribution in [1.82, 2.24) is 9.62 Å². The fourth-order valence-corrected chi connectivity index (χ4v) is 4.94. The Morgan fingerprint density at radius 1 is 1.03 bits per heavy atom. The van der Waals surface area contributed by atoms with Gasteiger partial charge < -0.3 is 14.8 Å². The highest BCUT2D eigenvalue weighted by atomic mass is 32.2. The highest BCUT2D eigenvalue weighted by Gasteiger charge is 2.26. The molecule has 2 aromatic rings. The molecule has 1 aliphatic rings. The Labute approximate surface area is 178 Å². The second-order valence-electron chi connectivity index (χ2n) is 7.26. The van der Waals surface area contributed by atoms with Crippen LogP contribution in [0.1, 0.15) is 23.1 Å². The fraction of sp³-hybridized carbons (Fsp3) is 0.409. The number of nitrogens with one attached hydrogen (secondary N) is 1. The minimum Gasteiger partial charge on any atom is -0.497 e. The smallest absolute Gasteiger partial charge is 0.224 e. The maximum atomic E-state index is 12.7. The third-order valence-corrected chi connectivity index (χ3v) is 7.11. The van der Waals surface area contributed by atoms with Gasteiger partial charge in [0.15, 0.2) is 0 Å². The lowest BCUT2D eigenvalue weighted by Gasteiger charge is -2.28. The van der Waals surface area contributed by atoms with Crippen LogP contribution in [0.2, 0.25) is 0 Å². The van der Waals surface area contributed by atoms with E-state index < -0.39 is 10.0 Å². The van der Waals surface area contributed by atoms with Crippen LogP contribution in [-0.2, 0) is 34.2 Å². The van der Waals surface area contributed by atoms with E-state index in [0.29, 0.717) is 32.5 Å². The number of carbonyl (C=O) groups is 1. The number of fused-ring (bicyclic) bond motifs is 1. The molecule has 0 radical (unpaired) electrons. The van der Waals surface area contributed by atoms with Crippen LogP contribution in [0.3, 0.4) is 0 Å². The van der Waals surface area contributed by atoms with Crippen LogP contribution in [0.4, 0.5) is 0 Å². The number of methoxy groups -OCH3 is 2. The molecule has 30 heavy (non-hydrogen) atoms. The number of sulfonamides is 1. The molecule has 0 saturated carbocycles. The average Bonchev–Trinajstić information content (AvgIpc) is 2.76. The van der Waals surface area contributed by atoms with Gasteiger partial charge in [-0.3, -0.25) is 4.79 Å². The van der Waals surface area contributed by atoms with Crippen molar-refractivity contribution in [3.63, 3.8) is 0 Å². The number of hydrogen-bond donors (Lipinski definition) is 1. The Morgan fingerprint density at radius 2 is 1.73 bits per heavy atom. The first-order valence-corrected chi connectivity index (χ1v) is 11.6. The molecule has 1 N–H and O–H groups in total. The Balaban J connectivity index is 1.44. The summed E-state index contributed by atoms with van der Waals surface area (Å²) in [6.45, 7) is 1.17. The number of nitrogens with zero attached hydrogens (tertiary/aromatic N) is 1. The molecule has 0 aliphatic carbocycles. The van der Waals surface area contributed by atoms with E-state index in [0.717, 1.165) is 28.2 Å². The fourth-order valence-electron chi connectivity index (χ4n) is 3.47. The first-order valence-electron chi connectivity index (χ1n) is 9.94. The molecule has 0 unspecified atom stereocenters. The first-order chi connectivity index (χ1) is 14.4. The van der Waals surface area contributed by atoms with Crippen molar-refractivity contribution in [2.45, 2.75) is 25.8 Å². The predicted molar refractivity (Wildman–Crippen MR) is 115 cm³/mol. The van der Waals surface area contributed by atoms with Crippen LogP contribution in [0.5, 0.6) is 11.5 Å². The minimum atomic E-state index is -3.37. The summed E-state index contributed by atoms with van der Waals surface area (Å²) in [5.41, 5.74) is 3.02. The van der Waals surface area contributed by atoms with Gasteiger partial charge in [0.2, 0.25) is 15.9 Å². The lowest BCUT2D eigenvalue weighted by atomic mass is 10.0. The van der Waals surface area contributed by atoms with Gasteiger partial charge in [-0.15, -0.1) is 0 Å². The molecule has 0 atom stereocenters. The highest BCUT2D eigenvalue weighted by Crippen LogP contribution is 2.25. The molecule has 1 heterocycles. The summed E-state index contributed by atoms with van der Waals surface area (Å²) in [6.07, 6.45) is 1.30. The van der Waals surface area contributed by atoms with Gasteiger partial charge >= 0.3 is 0 Å². The predicted octanol–water partition coefficient (Wildman–Crippen LogP) is 2.14. The molecule has 2 aromatic carbocycles. The number of ether oxygens (including phenoxy) is 2. The zero-order valence-corrected chi connectivity index (χ0v) is 18.2. The molecule has 1 aliphatic heterocycles. The van der Waals surface area contributed by atoms with Gasteiger partial charge in [-0.2, -0.15) is 4.31 Å². The summed E-state index contributed by atoms with van der Waals surface area (Å²) in [6, 6.07) is 13.0. The van der Waals surface area contributed by atoms with Crippen LogP contribution in [0.15, 0.2) is 42.5 Å². The maximum Gasteiger partial charge on any atom is 0.224 e. The molecule has 162 valence electrons. The zero-order chi connectivity index (χ0) is 21.6.